The number of aryl methyl sites for hydroxylation is 3. The third-order valence-electron chi connectivity index (χ3n) is 3.03. The summed E-state index contributed by atoms with van der Waals surface area (Å²) in [7, 11) is 1.95. The molecule has 0 saturated carbocycles. The molecular formula is C13H18BrN3O. The largest absolute Gasteiger partial charge is 0.465 e. The molecular weight excluding hydrogens is 294 g/mol. The minimum Gasteiger partial charge on any atom is -0.465 e. The molecule has 0 radical (unpaired) electrons. The van der Waals surface area contributed by atoms with Gasteiger partial charge in [-0.3, -0.25) is 4.68 Å². The second-order valence-electron chi connectivity index (χ2n) is 4.52. The van der Waals surface area contributed by atoms with E-state index in [9.17, 15) is 0 Å². The smallest absolute Gasteiger partial charge is 0.120 e. The van der Waals surface area contributed by atoms with E-state index in [1.807, 2.05) is 37.7 Å². The fourth-order valence-corrected chi connectivity index (χ4v) is 2.38. The highest BCUT2D eigenvalue weighted by molar-refractivity contribution is 9.10. The number of halogens is 1. The highest BCUT2D eigenvalue weighted by Crippen LogP contribution is 2.21. The molecule has 0 aliphatic rings. The molecule has 2 heterocycles. The molecule has 0 amide bonds. The van der Waals surface area contributed by atoms with Crippen molar-refractivity contribution in [3.8, 4) is 0 Å². The molecule has 2 aromatic heterocycles. The number of nitrogens with one attached hydrogen (secondary N) is 1. The molecule has 0 saturated heterocycles. The Kier molecular flexibility index (Phi) is 3.92. The summed E-state index contributed by atoms with van der Waals surface area (Å²) in [5.74, 6) is 1.90. The SMILES string of the molecule is Cc1ccc(C(C)NCc2c(Br)c(C)nn2C)o1. The van der Waals surface area contributed by atoms with Gasteiger partial charge in [-0.2, -0.15) is 5.10 Å². The second kappa shape index (κ2) is 5.28. The quantitative estimate of drug-likeness (QED) is 0.942. The fourth-order valence-electron chi connectivity index (χ4n) is 1.91. The summed E-state index contributed by atoms with van der Waals surface area (Å²) >= 11 is 3.56. The Balaban J connectivity index is 2.03. The van der Waals surface area contributed by atoms with E-state index in [1.165, 1.54) is 0 Å². The van der Waals surface area contributed by atoms with Crippen LogP contribution < -0.4 is 5.32 Å². The van der Waals surface area contributed by atoms with Crippen molar-refractivity contribution in [2.75, 3.05) is 0 Å². The maximum atomic E-state index is 5.60. The number of hydrogen-bond donors (Lipinski definition) is 1. The van der Waals surface area contributed by atoms with Crippen molar-refractivity contribution in [3.63, 3.8) is 0 Å². The average Bonchev–Trinajstić information content (AvgIpc) is 2.83. The summed E-state index contributed by atoms with van der Waals surface area (Å²) in [6.07, 6.45) is 0. The predicted molar refractivity (Wildman–Crippen MR) is 74.3 cm³/mol. The number of furan rings is 1. The van der Waals surface area contributed by atoms with Crippen molar-refractivity contribution in [3.05, 3.63) is 39.5 Å². The Morgan fingerprint density at radius 2 is 2.17 bits per heavy atom. The van der Waals surface area contributed by atoms with Crippen molar-refractivity contribution in [1.29, 1.82) is 0 Å². The molecule has 18 heavy (non-hydrogen) atoms. The van der Waals surface area contributed by atoms with E-state index in [0.717, 1.165) is 33.9 Å². The molecule has 0 aliphatic heterocycles. The van der Waals surface area contributed by atoms with Crippen molar-refractivity contribution in [2.24, 2.45) is 7.05 Å². The minimum atomic E-state index is 0.181. The molecule has 0 fully saturated rings. The zero-order chi connectivity index (χ0) is 13.3. The molecule has 1 unspecified atom stereocenters. The minimum absolute atomic E-state index is 0.181. The van der Waals surface area contributed by atoms with Gasteiger partial charge in [0.05, 0.1) is 21.9 Å². The van der Waals surface area contributed by atoms with Crippen molar-refractivity contribution >= 4 is 15.9 Å². The normalized spacial score (nSPS) is 12.9. The van der Waals surface area contributed by atoms with E-state index >= 15 is 0 Å². The summed E-state index contributed by atoms with van der Waals surface area (Å²) in [5.41, 5.74) is 2.15. The van der Waals surface area contributed by atoms with Gasteiger partial charge in [-0.25, -0.2) is 0 Å². The van der Waals surface area contributed by atoms with Gasteiger partial charge in [0.15, 0.2) is 0 Å². The molecule has 2 aromatic rings. The van der Waals surface area contributed by atoms with Gasteiger partial charge < -0.3 is 9.73 Å². The lowest BCUT2D eigenvalue weighted by molar-refractivity contribution is 0.412. The summed E-state index contributed by atoms with van der Waals surface area (Å²) in [5, 5.41) is 7.81. The lowest BCUT2D eigenvalue weighted by atomic mass is 10.2. The topological polar surface area (TPSA) is 43.0 Å². The first-order valence-electron chi connectivity index (χ1n) is 5.96. The van der Waals surface area contributed by atoms with E-state index < -0.39 is 0 Å². The van der Waals surface area contributed by atoms with Crippen LogP contribution in [-0.4, -0.2) is 9.78 Å². The van der Waals surface area contributed by atoms with Crippen LogP contribution in [0.4, 0.5) is 0 Å². The van der Waals surface area contributed by atoms with Crippen LogP contribution in [-0.2, 0) is 13.6 Å². The second-order valence-corrected chi connectivity index (χ2v) is 5.31. The van der Waals surface area contributed by atoms with Gasteiger partial charge in [0.2, 0.25) is 0 Å². The van der Waals surface area contributed by atoms with Crippen molar-refractivity contribution in [2.45, 2.75) is 33.4 Å². The number of rotatable bonds is 4. The maximum absolute atomic E-state index is 5.60. The van der Waals surface area contributed by atoms with E-state index in [-0.39, 0.29) is 6.04 Å². The van der Waals surface area contributed by atoms with Gasteiger partial charge in [-0.15, -0.1) is 0 Å². The van der Waals surface area contributed by atoms with Gasteiger partial charge in [-0.05, 0) is 48.8 Å². The Bertz CT molecular complexity index is 544. The maximum Gasteiger partial charge on any atom is 0.120 e. The molecule has 0 bridgehead atoms. The van der Waals surface area contributed by atoms with Crippen LogP contribution in [0.1, 0.15) is 35.9 Å². The number of hydrogen-bond acceptors (Lipinski definition) is 3. The van der Waals surface area contributed by atoms with E-state index in [4.69, 9.17) is 4.42 Å². The average molecular weight is 312 g/mol. The van der Waals surface area contributed by atoms with E-state index in [1.54, 1.807) is 0 Å². The first-order chi connectivity index (χ1) is 8.49. The van der Waals surface area contributed by atoms with Crippen LogP contribution in [0.25, 0.3) is 0 Å². The number of aromatic nitrogens is 2. The fraction of sp³-hybridized carbons (Fsp3) is 0.462. The molecule has 5 heteroatoms. The Morgan fingerprint density at radius 3 is 2.67 bits per heavy atom. The van der Waals surface area contributed by atoms with Gasteiger partial charge in [0, 0.05) is 13.6 Å². The highest BCUT2D eigenvalue weighted by atomic mass is 79.9. The summed E-state index contributed by atoms with van der Waals surface area (Å²) in [4.78, 5) is 0. The van der Waals surface area contributed by atoms with E-state index in [0.29, 0.717) is 0 Å². The van der Waals surface area contributed by atoms with Crippen LogP contribution >= 0.6 is 15.9 Å². The van der Waals surface area contributed by atoms with Crippen molar-refractivity contribution in [1.82, 2.24) is 15.1 Å². The molecule has 98 valence electrons. The third kappa shape index (κ3) is 2.67. The van der Waals surface area contributed by atoms with Crippen LogP contribution in [0, 0.1) is 13.8 Å². The molecule has 0 aliphatic carbocycles. The molecule has 4 nitrogen and oxygen atoms in total. The van der Waals surface area contributed by atoms with Gasteiger partial charge in [0.25, 0.3) is 0 Å². The van der Waals surface area contributed by atoms with Gasteiger partial charge >= 0.3 is 0 Å². The highest BCUT2D eigenvalue weighted by Gasteiger charge is 2.13. The first kappa shape index (κ1) is 13.4. The van der Waals surface area contributed by atoms with Crippen molar-refractivity contribution < 1.29 is 4.42 Å². The predicted octanol–water partition coefficient (Wildman–Crippen LogP) is 3.24. The first-order valence-corrected chi connectivity index (χ1v) is 6.76. The molecule has 0 aromatic carbocycles. The molecule has 2 rings (SSSR count). The number of nitrogens with zero attached hydrogens (tertiary/aromatic N) is 2. The standard InChI is InChI=1S/C13H18BrN3O/c1-8-5-6-12(18-8)9(2)15-7-11-13(14)10(3)16-17(11)4/h5-6,9,15H,7H2,1-4H3. The summed E-state index contributed by atoms with van der Waals surface area (Å²) in [6, 6.07) is 4.18. The zero-order valence-electron chi connectivity index (χ0n) is 11.1. The van der Waals surface area contributed by atoms with Crippen LogP contribution in [0.3, 0.4) is 0 Å². The summed E-state index contributed by atoms with van der Waals surface area (Å²) < 4.78 is 8.57. The summed E-state index contributed by atoms with van der Waals surface area (Å²) in [6.45, 7) is 6.79. The Hall–Kier alpha value is -1.07. The Labute approximate surface area is 115 Å². The lowest BCUT2D eigenvalue weighted by Crippen LogP contribution is -2.19. The monoisotopic (exact) mass is 311 g/mol. The van der Waals surface area contributed by atoms with Crippen LogP contribution in [0.15, 0.2) is 21.0 Å². The Morgan fingerprint density at radius 1 is 1.44 bits per heavy atom. The zero-order valence-corrected chi connectivity index (χ0v) is 12.7. The molecule has 0 spiro atoms. The van der Waals surface area contributed by atoms with E-state index in [2.05, 4.69) is 33.3 Å². The van der Waals surface area contributed by atoms with Crippen LogP contribution in [0.2, 0.25) is 0 Å². The molecule has 1 N–H and O–H groups in total. The van der Waals surface area contributed by atoms with Crippen LogP contribution in [0.5, 0.6) is 0 Å². The van der Waals surface area contributed by atoms with Gasteiger partial charge in [-0.1, -0.05) is 0 Å². The molecule has 1 atom stereocenters. The lowest BCUT2D eigenvalue weighted by Gasteiger charge is -2.11. The van der Waals surface area contributed by atoms with Gasteiger partial charge in [0.1, 0.15) is 11.5 Å². The third-order valence-corrected chi connectivity index (χ3v) is 4.06.